The van der Waals surface area contributed by atoms with Crippen LogP contribution < -0.4 is 5.73 Å². The largest absolute Gasteiger partial charge is 0.324 e. The van der Waals surface area contributed by atoms with Gasteiger partial charge in [0.2, 0.25) is 0 Å². The van der Waals surface area contributed by atoms with Crippen molar-refractivity contribution in [2.75, 3.05) is 0 Å². The first-order valence-corrected chi connectivity index (χ1v) is 3.80. The van der Waals surface area contributed by atoms with E-state index in [9.17, 15) is 0 Å². The Morgan fingerprint density at radius 2 is 2.11 bits per heavy atom. The standard InChI is InChI=1S/C8H13N/c9-8-4-2-6-1-3-7(8)5-6/h2,4,6-8H,1,3,5,9H2/t6-,7-,8-/m1/s1. The minimum atomic E-state index is 0.378. The Kier molecular flexibility index (Phi) is 1.12. The van der Waals surface area contributed by atoms with Crippen LogP contribution in [0.2, 0.25) is 0 Å². The van der Waals surface area contributed by atoms with Crippen molar-refractivity contribution in [2.24, 2.45) is 17.6 Å². The van der Waals surface area contributed by atoms with Crippen LogP contribution in [0.4, 0.5) is 0 Å². The fraction of sp³-hybridized carbons (Fsp3) is 0.750. The van der Waals surface area contributed by atoms with Crippen LogP contribution in [-0.4, -0.2) is 6.04 Å². The van der Waals surface area contributed by atoms with Crippen molar-refractivity contribution in [3.05, 3.63) is 12.2 Å². The quantitative estimate of drug-likeness (QED) is 0.483. The van der Waals surface area contributed by atoms with Gasteiger partial charge in [0, 0.05) is 6.04 Å². The summed E-state index contributed by atoms with van der Waals surface area (Å²) >= 11 is 0. The molecule has 1 fully saturated rings. The van der Waals surface area contributed by atoms with Crippen molar-refractivity contribution in [3.8, 4) is 0 Å². The summed E-state index contributed by atoms with van der Waals surface area (Å²) in [7, 11) is 0. The van der Waals surface area contributed by atoms with E-state index in [1.807, 2.05) is 0 Å². The van der Waals surface area contributed by atoms with Crippen molar-refractivity contribution in [1.29, 1.82) is 0 Å². The average molecular weight is 123 g/mol. The van der Waals surface area contributed by atoms with Gasteiger partial charge in [0.25, 0.3) is 0 Å². The van der Waals surface area contributed by atoms with Gasteiger partial charge < -0.3 is 5.73 Å². The molecule has 2 N–H and O–H groups in total. The van der Waals surface area contributed by atoms with Crippen LogP contribution in [0.3, 0.4) is 0 Å². The lowest BCUT2D eigenvalue weighted by Crippen LogP contribution is -2.27. The zero-order chi connectivity index (χ0) is 6.27. The van der Waals surface area contributed by atoms with Crippen molar-refractivity contribution in [1.82, 2.24) is 0 Å². The van der Waals surface area contributed by atoms with Crippen LogP contribution in [0.5, 0.6) is 0 Å². The maximum absolute atomic E-state index is 5.83. The van der Waals surface area contributed by atoms with Crippen molar-refractivity contribution in [2.45, 2.75) is 25.3 Å². The zero-order valence-electron chi connectivity index (χ0n) is 5.59. The molecule has 1 saturated carbocycles. The first kappa shape index (κ1) is 5.48. The van der Waals surface area contributed by atoms with Gasteiger partial charge in [-0.25, -0.2) is 0 Å². The summed E-state index contributed by atoms with van der Waals surface area (Å²) in [5.74, 6) is 1.70. The molecule has 0 amide bonds. The minimum Gasteiger partial charge on any atom is -0.324 e. The maximum atomic E-state index is 5.83. The Labute approximate surface area is 55.9 Å². The molecule has 0 aromatic rings. The molecular weight excluding hydrogens is 110 g/mol. The molecule has 0 unspecified atom stereocenters. The van der Waals surface area contributed by atoms with E-state index in [-0.39, 0.29) is 0 Å². The molecule has 2 aliphatic carbocycles. The molecule has 0 heterocycles. The van der Waals surface area contributed by atoms with E-state index in [0.29, 0.717) is 6.04 Å². The van der Waals surface area contributed by atoms with E-state index >= 15 is 0 Å². The molecule has 0 aromatic carbocycles. The van der Waals surface area contributed by atoms with Gasteiger partial charge >= 0.3 is 0 Å². The van der Waals surface area contributed by atoms with E-state index in [4.69, 9.17) is 5.73 Å². The fourth-order valence-electron chi connectivity index (χ4n) is 2.02. The molecule has 0 spiro atoms. The van der Waals surface area contributed by atoms with E-state index in [1.165, 1.54) is 19.3 Å². The van der Waals surface area contributed by atoms with Crippen molar-refractivity contribution in [3.63, 3.8) is 0 Å². The first-order valence-electron chi connectivity index (χ1n) is 3.80. The smallest absolute Gasteiger partial charge is 0.0252 e. The zero-order valence-corrected chi connectivity index (χ0v) is 5.59. The number of allylic oxidation sites excluding steroid dienone is 1. The fourth-order valence-corrected chi connectivity index (χ4v) is 2.02. The summed E-state index contributed by atoms with van der Waals surface area (Å²) in [6, 6.07) is 0.378. The Hall–Kier alpha value is -0.300. The molecule has 0 aliphatic heterocycles. The van der Waals surface area contributed by atoms with Gasteiger partial charge in [0.15, 0.2) is 0 Å². The summed E-state index contributed by atoms with van der Waals surface area (Å²) < 4.78 is 0. The molecule has 0 aromatic heterocycles. The molecular formula is C8H13N. The summed E-state index contributed by atoms with van der Waals surface area (Å²) in [6.45, 7) is 0. The Balaban J connectivity index is 2.19. The SMILES string of the molecule is N[C@@H]1C=C[C@H]2CC[C@@H]1C2. The maximum Gasteiger partial charge on any atom is 0.0252 e. The third-order valence-corrected chi connectivity index (χ3v) is 2.66. The van der Waals surface area contributed by atoms with Gasteiger partial charge in [-0.15, -0.1) is 0 Å². The van der Waals surface area contributed by atoms with Gasteiger partial charge in [-0.2, -0.15) is 0 Å². The highest BCUT2D eigenvalue weighted by Crippen LogP contribution is 2.37. The van der Waals surface area contributed by atoms with Crippen molar-refractivity contribution < 1.29 is 0 Å². The van der Waals surface area contributed by atoms with Gasteiger partial charge in [-0.3, -0.25) is 0 Å². The van der Waals surface area contributed by atoms with E-state index in [1.54, 1.807) is 0 Å². The summed E-state index contributed by atoms with van der Waals surface area (Å²) in [5, 5.41) is 0. The Morgan fingerprint density at radius 3 is 2.89 bits per heavy atom. The number of hydrogen-bond acceptors (Lipinski definition) is 1. The highest BCUT2D eigenvalue weighted by molar-refractivity contribution is 5.07. The molecule has 2 aliphatic rings. The van der Waals surface area contributed by atoms with Crippen LogP contribution in [-0.2, 0) is 0 Å². The Bertz CT molecular complexity index is 140. The van der Waals surface area contributed by atoms with E-state index in [0.717, 1.165) is 11.8 Å². The van der Waals surface area contributed by atoms with E-state index < -0.39 is 0 Å². The monoisotopic (exact) mass is 123 g/mol. The summed E-state index contributed by atoms with van der Waals surface area (Å²) in [4.78, 5) is 0. The van der Waals surface area contributed by atoms with Gasteiger partial charge in [-0.1, -0.05) is 12.2 Å². The number of rotatable bonds is 0. The highest BCUT2D eigenvalue weighted by Gasteiger charge is 2.29. The number of fused-ring (bicyclic) bond motifs is 2. The Morgan fingerprint density at radius 1 is 1.22 bits per heavy atom. The second-order valence-electron chi connectivity index (χ2n) is 3.30. The second-order valence-corrected chi connectivity index (χ2v) is 3.30. The lowest BCUT2D eigenvalue weighted by molar-refractivity contribution is 0.461. The lowest BCUT2D eigenvalue weighted by Gasteiger charge is -2.18. The van der Waals surface area contributed by atoms with E-state index in [2.05, 4.69) is 12.2 Å². The molecule has 2 bridgehead atoms. The van der Waals surface area contributed by atoms with Crippen LogP contribution in [0, 0.1) is 11.8 Å². The third-order valence-electron chi connectivity index (χ3n) is 2.66. The molecule has 1 heteroatoms. The summed E-state index contributed by atoms with van der Waals surface area (Å²) in [5.41, 5.74) is 5.83. The van der Waals surface area contributed by atoms with Crippen LogP contribution in [0.1, 0.15) is 19.3 Å². The molecule has 3 atom stereocenters. The first-order chi connectivity index (χ1) is 4.36. The van der Waals surface area contributed by atoms with Gasteiger partial charge in [-0.05, 0) is 31.1 Å². The topological polar surface area (TPSA) is 26.0 Å². The lowest BCUT2D eigenvalue weighted by atomic mass is 9.92. The van der Waals surface area contributed by atoms with Gasteiger partial charge in [0.05, 0.1) is 0 Å². The number of hydrogen-bond donors (Lipinski definition) is 1. The normalized spacial score (nSPS) is 47.9. The highest BCUT2D eigenvalue weighted by atomic mass is 14.7. The van der Waals surface area contributed by atoms with Crippen LogP contribution >= 0.6 is 0 Å². The predicted octanol–water partition coefficient (Wildman–Crippen LogP) is 1.30. The molecule has 0 radical (unpaired) electrons. The molecule has 2 rings (SSSR count). The predicted molar refractivity (Wildman–Crippen MR) is 37.9 cm³/mol. The van der Waals surface area contributed by atoms with Crippen LogP contribution in [0.25, 0.3) is 0 Å². The molecule has 0 saturated heterocycles. The second kappa shape index (κ2) is 1.84. The molecule has 1 nitrogen and oxygen atoms in total. The summed E-state index contributed by atoms with van der Waals surface area (Å²) in [6.07, 6.45) is 8.59. The number of nitrogens with two attached hydrogens (primary N) is 1. The third kappa shape index (κ3) is 0.799. The average Bonchev–Trinajstić information content (AvgIpc) is 2.25. The molecule has 9 heavy (non-hydrogen) atoms. The minimum absolute atomic E-state index is 0.378. The van der Waals surface area contributed by atoms with Crippen molar-refractivity contribution >= 4 is 0 Å². The van der Waals surface area contributed by atoms with Crippen LogP contribution in [0.15, 0.2) is 12.2 Å². The molecule has 50 valence electrons. The van der Waals surface area contributed by atoms with Gasteiger partial charge in [0.1, 0.15) is 0 Å².